The number of alkyl halides is 1. The van der Waals surface area contributed by atoms with Gasteiger partial charge in [0.05, 0.1) is 16.6 Å². The van der Waals surface area contributed by atoms with E-state index in [9.17, 15) is 9.18 Å². The fourth-order valence-corrected chi connectivity index (χ4v) is 3.63. The van der Waals surface area contributed by atoms with Crippen LogP contribution in [0.1, 0.15) is 28.8 Å². The van der Waals surface area contributed by atoms with Crippen LogP contribution in [0.5, 0.6) is 0 Å². The van der Waals surface area contributed by atoms with Gasteiger partial charge in [-0.05, 0) is 31.4 Å². The molecule has 0 spiro atoms. The summed E-state index contributed by atoms with van der Waals surface area (Å²) in [5.41, 5.74) is 5.75. The third-order valence-electron chi connectivity index (χ3n) is 5.11. The van der Waals surface area contributed by atoms with E-state index in [0.29, 0.717) is 31.5 Å². The third kappa shape index (κ3) is 2.98. The van der Waals surface area contributed by atoms with Crippen LogP contribution in [0.4, 0.5) is 4.39 Å². The molecule has 1 saturated heterocycles. The summed E-state index contributed by atoms with van der Waals surface area (Å²) < 4.78 is 15.3. The molecule has 3 heterocycles. The lowest BCUT2D eigenvalue weighted by molar-refractivity contribution is 0.0666. The van der Waals surface area contributed by atoms with Crippen LogP contribution in [0.15, 0.2) is 42.7 Å². The number of carbonyl (C=O) groups is 1. The molecule has 0 atom stereocenters. The van der Waals surface area contributed by atoms with E-state index in [-0.39, 0.29) is 5.91 Å². The van der Waals surface area contributed by atoms with Gasteiger partial charge in [-0.15, -0.1) is 0 Å². The molecular weight excluding hydrogens is 329 g/mol. The molecule has 1 aliphatic heterocycles. The molecule has 2 aromatic heterocycles. The predicted molar refractivity (Wildman–Crippen MR) is 101 cm³/mol. The highest BCUT2D eigenvalue weighted by Gasteiger charge is 2.24. The Morgan fingerprint density at radius 2 is 2.00 bits per heavy atom. The zero-order chi connectivity index (χ0) is 18.3. The summed E-state index contributed by atoms with van der Waals surface area (Å²) in [6.45, 7) is 3.01. The van der Waals surface area contributed by atoms with Gasteiger partial charge < -0.3 is 9.47 Å². The van der Waals surface area contributed by atoms with E-state index in [4.69, 9.17) is 0 Å². The lowest BCUT2D eigenvalue weighted by Crippen LogP contribution is -2.39. The number of carbonyl (C=O) groups excluding carboxylic acids is 1. The molecule has 4 nitrogen and oxygen atoms in total. The summed E-state index contributed by atoms with van der Waals surface area (Å²) >= 11 is 0. The molecule has 5 heteroatoms. The number of amides is 1. The van der Waals surface area contributed by atoms with Crippen LogP contribution in [0.3, 0.4) is 0 Å². The van der Waals surface area contributed by atoms with E-state index in [1.807, 2.05) is 23.7 Å². The van der Waals surface area contributed by atoms with Crippen LogP contribution in [-0.2, 0) is 7.05 Å². The predicted octanol–water partition coefficient (Wildman–Crippen LogP) is 4.12. The first-order valence-corrected chi connectivity index (χ1v) is 8.98. The lowest BCUT2D eigenvalue weighted by atomic mass is 10.0. The summed E-state index contributed by atoms with van der Waals surface area (Å²) in [7, 11) is 1.96. The average molecular weight is 351 g/mol. The summed E-state index contributed by atoms with van der Waals surface area (Å²) in [5, 5.41) is 0. The number of benzene rings is 1. The second-order valence-electron chi connectivity index (χ2n) is 7.08. The third-order valence-corrected chi connectivity index (χ3v) is 5.11. The molecule has 1 amide bonds. The van der Waals surface area contributed by atoms with Gasteiger partial charge >= 0.3 is 0 Å². The Labute approximate surface area is 152 Å². The second-order valence-corrected chi connectivity index (χ2v) is 7.08. The van der Waals surface area contributed by atoms with E-state index < -0.39 is 6.17 Å². The van der Waals surface area contributed by atoms with Crippen LogP contribution in [0, 0.1) is 6.92 Å². The molecule has 0 bridgehead atoms. The molecule has 1 aromatic carbocycles. The largest absolute Gasteiger partial charge is 0.349 e. The molecule has 134 valence electrons. The van der Waals surface area contributed by atoms with Crippen LogP contribution in [0.25, 0.3) is 22.2 Å². The Morgan fingerprint density at radius 3 is 2.73 bits per heavy atom. The molecule has 26 heavy (non-hydrogen) atoms. The van der Waals surface area contributed by atoms with Crippen molar-refractivity contribution in [1.82, 2.24) is 14.5 Å². The topological polar surface area (TPSA) is 38.1 Å². The molecule has 0 unspecified atom stereocenters. The summed E-state index contributed by atoms with van der Waals surface area (Å²) in [6, 6.07) is 10.2. The number of pyridine rings is 1. The van der Waals surface area contributed by atoms with Gasteiger partial charge in [0.15, 0.2) is 0 Å². The van der Waals surface area contributed by atoms with Crippen molar-refractivity contribution in [2.45, 2.75) is 25.9 Å². The second kappa shape index (κ2) is 6.56. The first-order valence-electron chi connectivity index (χ1n) is 8.98. The van der Waals surface area contributed by atoms with Crippen LogP contribution in [-0.4, -0.2) is 39.6 Å². The van der Waals surface area contributed by atoms with Crippen molar-refractivity contribution in [3.63, 3.8) is 0 Å². The molecule has 4 rings (SSSR count). The Bertz CT molecular complexity index is 971. The number of likely N-dealkylation sites (tertiary alicyclic amines) is 1. The van der Waals surface area contributed by atoms with Gasteiger partial charge in [0.25, 0.3) is 5.91 Å². The average Bonchev–Trinajstić information content (AvgIpc) is 2.98. The molecule has 1 aliphatic rings. The van der Waals surface area contributed by atoms with Crippen molar-refractivity contribution >= 4 is 16.9 Å². The van der Waals surface area contributed by atoms with E-state index in [1.54, 1.807) is 11.1 Å². The summed E-state index contributed by atoms with van der Waals surface area (Å²) in [4.78, 5) is 19.1. The van der Waals surface area contributed by atoms with Crippen molar-refractivity contribution in [1.29, 1.82) is 0 Å². The van der Waals surface area contributed by atoms with Gasteiger partial charge in [0, 0.05) is 38.1 Å². The molecule has 0 radical (unpaired) electrons. The van der Waals surface area contributed by atoms with E-state index in [2.05, 4.69) is 36.3 Å². The molecule has 0 aliphatic carbocycles. The number of aryl methyl sites for hydroxylation is 2. The SMILES string of the molecule is Cc1cccc(-c2cn(C)c3cc(C(=O)N4CCC(F)CC4)cnc23)c1. The van der Waals surface area contributed by atoms with Crippen LogP contribution < -0.4 is 0 Å². The molecule has 3 aromatic rings. The smallest absolute Gasteiger partial charge is 0.255 e. The maximum absolute atomic E-state index is 13.3. The van der Waals surface area contributed by atoms with Gasteiger partial charge in [-0.25, -0.2) is 4.39 Å². The number of piperidine rings is 1. The summed E-state index contributed by atoms with van der Waals surface area (Å²) in [5.74, 6) is -0.0652. The van der Waals surface area contributed by atoms with Crippen molar-refractivity contribution in [2.24, 2.45) is 7.05 Å². The first-order chi connectivity index (χ1) is 12.5. The minimum absolute atomic E-state index is 0.0652. The Balaban J connectivity index is 1.70. The Kier molecular flexibility index (Phi) is 4.23. The fraction of sp³-hybridized carbons (Fsp3) is 0.333. The minimum atomic E-state index is -0.788. The maximum atomic E-state index is 13.3. The number of rotatable bonds is 2. The lowest BCUT2D eigenvalue weighted by Gasteiger charge is -2.28. The zero-order valence-corrected chi connectivity index (χ0v) is 15.1. The molecule has 0 N–H and O–H groups in total. The summed E-state index contributed by atoms with van der Waals surface area (Å²) in [6.07, 6.45) is 3.75. The van der Waals surface area contributed by atoms with Crippen LogP contribution >= 0.6 is 0 Å². The zero-order valence-electron chi connectivity index (χ0n) is 15.1. The van der Waals surface area contributed by atoms with Crippen molar-refractivity contribution in [2.75, 3.05) is 13.1 Å². The van der Waals surface area contributed by atoms with Gasteiger partial charge in [-0.1, -0.05) is 29.8 Å². The number of fused-ring (bicyclic) bond motifs is 1. The van der Waals surface area contributed by atoms with Crippen molar-refractivity contribution < 1.29 is 9.18 Å². The number of nitrogens with zero attached hydrogens (tertiary/aromatic N) is 3. The highest BCUT2D eigenvalue weighted by molar-refractivity contribution is 6.00. The van der Waals surface area contributed by atoms with Crippen molar-refractivity contribution in [3.8, 4) is 11.1 Å². The van der Waals surface area contributed by atoms with Crippen LogP contribution in [0.2, 0.25) is 0 Å². The van der Waals surface area contributed by atoms with Gasteiger partial charge in [0.1, 0.15) is 6.17 Å². The molecule has 0 saturated carbocycles. The number of aromatic nitrogens is 2. The van der Waals surface area contributed by atoms with Gasteiger partial charge in [0.2, 0.25) is 0 Å². The quantitative estimate of drug-likeness (QED) is 0.696. The first kappa shape index (κ1) is 16.8. The number of hydrogen-bond acceptors (Lipinski definition) is 2. The normalized spacial score (nSPS) is 15.6. The maximum Gasteiger partial charge on any atom is 0.255 e. The van der Waals surface area contributed by atoms with Crippen molar-refractivity contribution in [3.05, 3.63) is 53.9 Å². The molecular formula is C21H22FN3O. The highest BCUT2D eigenvalue weighted by atomic mass is 19.1. The molecule has 1 fully saturated rings. The number of hydrogen-bond donors (Lipinski definition) is 0. The van der Waals surface area contributed by atoms with E-state index in [0.717, 1.165) is 22.2 Å². The monoisotopic (exact) mass is 351 g/mol. The Morgan fingerprint density at radius 1 is 1.23 bits per heavy atom. The van der Waals surface area contributed by atoms with E-state index >= 15 is 0 Å². The standard InChI is InChI=1S/C21H22FN3O/c1-14-4-3-5-15(10-14)18-13-24(2)19-11-16(12-23-20(18)19)21(26)25-8-6-17(22)7-9-25/h3-5,10-13,17H,6-9H2,1-2H3. The number of halogens is 1. The minimum Gasteiger partial charge on any atom is -0.349 e. The van der Waals surface area contributed by atoms with E-state index in [1.165, 1.54) is 5.56 Å². The van der Waals surface area contributed by atoms with Gasteiger partial charge in [-0.2, -0.15) is 0 Å². The highest BCUT2D eigenvalue weighted by Crippen LogP contribution is 2.30. The fourth-order valence-electron chi connectivity index (χ4n) is 3.63. The van der Waals surface area contributed by atoms with Gasteiger partial charge in [-0.3, -0.25) is 9.78 Å². The Hall–Kier alpha value is -2.69.